The van der Waals surface area contributed by atoms with Crippen LogP contribution < -0.4 is 5.50 Å². The second-order valence-corrected chi connectivity index (χ2v) is 6.15. The van der Waals surface area contributed by atoms with Gasteiger partial charge in [-0.1, -0.05) is 0 Å². The number of hydrogen-bond donors (Lipinski definition) is 0. The summed E-state index contributed by atoms with van der Waals surface area (Å²) in [5, 5.41) is 0. The predicted molar refractivity (Wildman–Crippen MR) is 37.7 cm³/mol. The molecule has 1 heterocycles. The highest BCUT2D eigenvalue weighted by atomic mass is 35.9. The molecule has 0 radical (unpaired) electrons. The van der Waals surface area contributed by atoms with Crippen molar-refractivity contribution in [3.8, 4) is 0 Å². The Bertz CT molecular complexity index is 225. The highest BCUT2D eigenvalue weighted by Gasteiger charge is 2.19. The Hall–Kier alpha value is 0.0900. The molecule has 0 N–H and O–H groups in total. The van der Waals surface area contributed by atoms with Crippen molar-refractivity contribution in [1.29, 1.82) is 0 Å². The fourth-order valence-corrected chi connectivity index (χ4v) is 1.44. The zero-order valence-corrected chi connectivity index (χ0v) is 6.66. The first-order valence-corrected chi connectivity index (χ1v) is 5.66. The molecule has 1 rings (SSSR count). The molecule has 9 heavy (non-hydrogen) atoms. The van der Waals surface area contributed by atoms with Gasteiger partial charge in [0, 0.05) is 0 Å². The summed E-state index contributed by atoms with van der Waals surface area (Å²) < 4.78 is 15.4. The SMILES string of the molecule is O=P(Cl)(Cl)c1ccco1. The van der Waals surface area contributed by atoms with Gasteiger partial charge in [-0.2, -0.15) is 0 Å². The van der Waals surface area contributed by atoms with Gasteiger partial charge in [-0.25, -0.2) is 0 Å². The zero-order valence-electron chi connectivity index (χ0n) is 4.25. The van der Waals surface area contributed by atoms with Crippen LogP contribution in [0.2, 0.25) is 0 Å². The van der Waals surface area contributed by atoms with Gasteiger partial charge in [0.2, 0.25) is 0 Å². The lowest BCUT2D eigenvalue weighted by atomic mass is 10.7. The molecule has 0 aliphatic rings. The van der Waals surface area contributed by atoms with Gasteiger partial charge in [0.1, 0.15) is 0 Å². The van der Waals surface area contributed by atoms with E-state index in [4.69, 9.17) is 22.5 Å². The van der Waals surface area contributed by atoms with Crippen molar-refractivity contribution < 1.29 is 8.98 Å². The van der Waals surface area contributed by atoms with Crippen molar-refractivity contribution in [2.24, 2.45) is 0 Å². The van der Waals surface area contributed by atoms with Crippen molar-refractivity contribution in [3.63, 3.8) is 0 Å². The van der Waals surface area contributed by atoms with Gasteiger partial charge >= 0.3 is 5.85 Å². The Morgan fingerprint density at radius 2 is 2.22 bits per heavy atom. The Kier molecular flexibility index (Phi) is 1.90. The lowest BCUT2D eigenvalue weighted by Crippen LogP contribution is -1.88. The summed E-state index contributed by atoms with van der Waals surface area (Å²) in [7, 11) is 0. The number of halogens is 2. The minimum Gasteiger partial charge on any atom is -0.459 e. The molecular weight excluding hydrogens is 182 g/mol. The molecule has 0 spiro atoms. The number of hydrogen-bond acceptors (Lipinski definition) is 2. The van der Waals surface area contributed by atoms with Crippen LogP contribution in [0.5, 0.6) is 0 Å². The normalized spacial score (nSPS) is 11.8. The topological polar surface area (TPSA) is 30.2 Å². The maximum Gasteiger partial charge on any atom is 0.315 e. The van der Waals surface area contributed by atoms with Gasteiger partial charge in [0.15, 0.2) is 5.50 Å². The predicted octanol–water partition coefficient (Wildman–Crippen LogP) is 2.58. The summed E-state index contributed by atoms with van der Waals surface area (Å²) in [5.74, 6) is -3.19. The molecule has 0 aliphatic carbocycles. The summed E-state index contributed by atoms with van der Waals surface area (Å²) in [4.78, 5) is 0. The second-order valence-electron chi connectivity index (χ2n) is 1.41. The van der Waals surface area contributed by atoms with Crippen LogP contribution in [-0.4, -0.2) is 0 Å². The second kappa shape index (κ2) is 2.37. The van der Waals surface area contributed by atoms with E-state index in [0.717, 1.165) is 0 Å². The highest BCUT2D eigenvalue weighted by Crippen LogP contribution is 2.55. The largest absolute Gasteiger partial charge is 0.459 e. The smallest absolute Gasteiger partial charge is 0.315 e. The van der Waals surface area contributed by atoms with E-state index in [1.807, 2.05) is 0 Å². The van der Waals surface area contributed by atoms with E-state index in [0.29, 0.717) is 0 Å². The average molecular weight is 185 g/mol. The van der Waals surface area contributed by atoms with Crippen molar-refractivity contribution in [1.82, 2.24) is 0 Å². The van der Waals surface area contributed by atoms with Crippen LogP contribution >= 0.6 is 28.3 Å². The summed E-state index contributed by atoms with van der Waals surface area (Å²) >= 11 is 10.5. The van der Waals surface area contributed by atoms with E-state index in [-0.39, 0.29) is 5.50 Å². The lowest BCUT2D eigenvalue weighted by Gasteiger charge is -1.92. The molecular formula is C4H3Cl2O2P. The van der Waals surface area contributed by atoms with Crippen LogP contribution in [0.15, 0.2) is 22.8 Å². The Morgan fingerprint density at radius 1 is 1.56 bits per heavy atom. The molecule has 0 aliphatic heterocycles. The first-order chi connectivity index (χ1) is 4.11. The van der Waals surface area contributed by atoms with E-state index in [2.05, 4.69) is 4.42 Å². The highest BCUT2D eigenvalue weighted by molar-refractivity contribution is 8.13. The molecule has 0 atom stereocenters. The van der Waals surface area contributed by atoms with Gasteiger partial charge in [0.25, 0.3) is 0 Å². The maximum atomic E-state index is 10.7. The maximum absolute atomic E-state index is 10.7. The third kappa shape index (κ3) is 1.75. The Labute approximate surface area is 61.7 Å². The van der Waals surface area contributed by atoms with Crippen LogP contribution in [0.4, 0.5) is 0 Å². The van der Waals surface area contributed by atoms with E-state index in [1.54, 1.807) is 6.07 Å². The quantitative estimate of drug-likeness (QED) is 0.629. The third-order valence-corrected chi connectivity index (χ3v) is 2.53. The van der Waals surface area contributed by atoms with Crippen molar-refractivity contribution in [2.45, 2.75) is 0 Å². The first kappa shape index (κ1) is 7.20. The zero-order chi connectivity index (χ0) is 6.91. The minimum absolute atomic E-state index is 0.130. The van der Waals surface area contributed by atoms with E-state index < -0.39 is 5.85 Å². The molecule has 0 unspecified atom stereocenters. The van der Waals surface area contributed by atoms with E-state index in [1.165, 1.54) is 12.3 Å². The van der Waals surface area contributed by atoms with Gasteiger partial charge < -0.3 is 4.42 Å². The molecule has 0 amide bonds. The van der Waals surface area contributed by atoms with Crippen molar-refractivity contribution in [3.05, 3.63) is 18.4 Å². The summed E-state index contributed by atoms with van der Waals surface area (Å²) in [6.45, 7) is 0. The van der Waals surface area contributed by atoms with Gasteiger partial charge in [-0.15, -0.1) is 0 Å². The van der Waals surface area contributed by atoms with Gasteiger partial charge in [-0.05, 0) is 34.6 Å². The van der Waals surface area contributed by atoms with Crippen molar-refractivity contribution in [2.75, 3.05) is 0 Å². The Morgan fingerprint density at radius 3 is 2.44 bits per heavy atom. The Balaban J connectivity index is 3.04. The molecule has 1 aromatic rings. The average Bonchev–Trinajstić information content (AvgIpc) is 2.08. The van der Waals surface area contributed by atoms with Gasteiger partial charge in [-0.3, -0.25) is 4.57 Å². The van der Waals surface area contributed by atoms with Crippen LogP contribution in [0, 0.1) is 0 Å². The lowest BCUT2D eigenvalue weighted by molar-refractivity contribution is 0.572. The standard InChI is InChI=1S/C4H3Cl2O2P/c5-9(6,7)4-2-1-3-8-4/h1-3H. The number of furan rings is 1. The van der Waals surface area contributed by atoms with Crippen LogP contribution in [0.1, 0.15) is 0 Å². The molecule has 50 valence electrons. The van der Waals surface area contributed by atoms with Crippen molar-refractivity contribution >= 4 is 33.8 Å². The summed E-state index contributed by atoms with van der Waals surface area (Å²) in [6, 6.07) is 3.05. The summed E-state index contributed by atoms with van der Waals surface area (Å²) in [6.07, 6.45) is 1.37. The fraction of sp³-hybridized carbons (Fsp3) is 0. The fourth-order valence-electron chi connectivity index (χ4n) is 0.418. The van der Waals surface area contributed by atoms with E-state index in [9.17, 15) is 4.57 Å². The molecule has 5 heteroatoms. The monoisotopic (exact) mass is 184 g/mol. The van der Waals surface area contributed by atoms with E-state index >= 15 is 0 Å². The molecule has 0 fully saturated rings. The van der Waals surface area contributed by atoms with Crippen LogP contribution in [-0.2, 0) is 4.57 Å². The summed E-state index contributed by atoms with van der Waals surface area (Å²) in [5.41, 5.74) is 0.130. The minimum atomic E-state index is -3.19. The number of rotatable bonds is 1. The molecule has 0 saturated carbocycles. The van der Waals surface area contributed by atoms with Gasteiger partial charge in [0.05, 0.1) is 6.26 Å². The van der Waals surface area contributed by atoms with Crippen LogP contribution in [0.25, 0.3) is 0 Å². The first-order valence-electron chi connectivity index (χ1n) is 2.14. The third-order valence-electron chi connectivity index (χ3n) is 0.763. The molecule has 2 nitrogen and oxygen atoms in total. The molecule has 0 aromatic carbocycles. The van der Waals surface area contributed by atoms with Crippen LogP contribution in [0.3, 0.4) is 0 Å². The molecule has 1 aromatic heterocycles. The molecule has 0 bridgehead atoms. The molecule has 0 saturated heterocycles.